The zero-order valence-electron chi connectivity index (χ0n) is 10.3. The summed E-state index contributed by atoms with van der Waals surface area (Å²) < 4.78 is 2.43. The topological polar surface area (TPSA) is 77.1 Å². The molecule has 2 aromatic rings. The fraction of sp³-hybridized carbons (Fsp3) is 0.0769. The molecule has 2 rings (SSSR count). The Kier molecular flexibility index (Phi) is 4.61. The van der Waals surface area contributed by atoms with E-state index in [0.29, 0.717) is 20.3 Å². The average molecular weight is 401 g/mol. The minimum absolute atomic E-state index is 0.0682. The van der Waals surface area contributed by atoms with Gasteiger partial charge in [-0.25, -0.2) is 0 Å². The molecule has 1 heterocycles. The van der Waals surface area contributed by atoms with Crippen molar-refractivity contribution in [2.45, 2.75) is 6.54 Å². The monoisotopic (exact) mass is 399 g/mol. The Labute approximate surface area is 132 Å². The zero-order chi connectivity index (χ0) is 14.7. The molecular weight excluding hydrogens is 390 g/mol. The van der Waals surface area contributed by atoms with Gasteiger partial charge in [0.2, 0.25) is 5.91 Å². The second kappa shape index (κ2) is 6.23. The van der Waals surface area contributed by atoms with Gasteiger partial charge in [-0.05, 0) is 62.2 Å². The third kappa shape index (κ3) is 3.71. The Morgan fingerprint density at radius 2 is 1.90 bits per heavy atom. The highest BCUT2D eigenvalue weighted by molar-refractivity contribution is 9.11. The molecule has 0 bridgehead atoms. The number of hydrogen-bond acceptors (Lipinski definition) is 3. The first-order valence-corrected chi connectivity index (χ1v) is 7.25. The molecule has 7 heteroatoms. The molecule has 0 saturated heterocycles. The number of nitrogen functional groups attached to an aromatic ring is 1. The SMILES string of the molecule is Nc1ccc(NC(=O)Cn2cc(Br)cc(Br)c2=O)cc1. The highest BCUT2D eigenvalue weighted by atomic mass is 79.9. The van der Waals surface area contributed by atoms with E-state index in [1.807, 2.05) is 0 Å². The van der Waals surface area contributed by atoms with Crippen LogP contribution in [0.25, 0.3) is 0 Å². The summed E-state index contributed by atoms with van der Waals surface area (Å²) in [7, 11) is 0. The largest absolute Gasteiger partial charge is 0.399 e. The fourth-order valence-corrected chi connectivity index (χ4v) is 2.86. The van der Waals surface area contributed by atoms with Crippen molar-refractivity contribution < 1.29 is 4.79 Å². The van der Waals surface area contributed by atoms with Gasteiger partial charge >= 0.3 is 0 Å². The van der Waals surface area contributed by atoms with Crippen LogP contribution in [0.3, 0.4) is 0 Å². The second-order valence-electron chi connectivity index (χ2n) is 4.11. The maximum atomic E-state index is 11.9. The molecule has 104 valence electrons. The summed E-state index contributed by atoms with van der Waals surface area (Å²) in [5, 5.41) is 2.70. The van der Waals surface area contributed by atoms with Crippen LogP contribution in [0.15, 0.2) is 50.3 Å². The number of anilines is 2. The van der Waals surface area contributed by atoms with Crippen molar-refractivity contribution in [3.05, 3.63) is 55.8 Å². The van der Waals surface area contributed by atoms with Gasteiger partial charge in [-0.15, -0.1) is 0 Å². The van der Waals surface area contributed by atoms with E-state index in [-0.39, 0.29) is 18.0 Å². The minimum Gasteiger partial charge on any atom is -0.399 e. The highest BCUT2D eigenvalue weighted by Gasteiger charge is 2.08. The predicted molar refractivity (Wildman–Crippen MR) is 85.6 cm³/mol. The maximum absolute atomic E-state index is 11.9. The normalized spacial score (nSPS) is 10.3. The van der Waals surface area contributed by atoms with E-state index in [0.717, 1.165) is 0 Å². The van der Waals surface area contributed by atoms with Gasteiger partial charge in [-0.2, -0.15) is 0 Å². The highest BCUT2D eigenvalue weighted by Crippen LogP contribution is 2.13. The molecule has 0 atom stereocenters. The average Bonchev–Trinajstić information content (AvgIpc) is 2.38. The Hall–Kier alpha value is -1.60. The maximum Gasteiger partial charge on any atom is 0.265 e. The summed E-state index contributed by atoms with van der Waals surface area (Å²) in [5.41, 5.74) is 6.55. The number of hydrogen-bond donors (Lipinski definition) is 2. The lowest BCUT2D eigenvalue weighted by atomic mass is 10.3. The molecule has 0 fully saturated rings. The van der Waals surface area contributed by atoms with E-state index in [4.69, 9.17) is 5.73 Å². The summed E-state index contributed by atoms with van der Waals surface area (Å²) in [6.07, 6.45) is 1.57. The first-order valence-electron chi connectivity index (χ1n) is 5.66. The number of benzene rings is 1. The number of carbonyl (C=O) groups is 1. The molecule has 0 unspecified atom stereocenters. The third-order valence-corrected chi connectivity index (χ3v) is 3.52. The Bertz CT molecular complexity index is 696. The zero-order valence-corrected chi connectivity index (χ0v) is 13.4. The lowest BCUT2D eigenvalue weighted by Crippen LogP contribution is -2.27. The van der Waals surface area contributed by atoms with Crippen LogP contribution in [-0.2, 0) is 11.3 Å². The molecule has 1 aromatic heterocycles. The van der Waals surface area contributed by atoms with Crippen molar-refractivity contribution in [2.75, 3.05) is 11.1 Å². The number of aromatic nitrogens is 1. The van der Waals surface area contributed by atoms with Crippen molar-refractivity contribution in [1.82, 2.24) is 4.57 Å². The third-order valence-electron chi connectivity index (χ3n) is 2.52. The van der Waals surface area contributed by atoms with Crippen LogP contribution >= 0.6 is 31.9 Å². The van der Waals surface area contributed by atoms with Gasteiger partial charge in [0, 0.05) is 22.0 Å². The first kappa shape index (κ1) is 14.8. The van der Waals surface area contributed by atoms with E-state index in [2.05, 4.69) is 37.2 Å². The van der Waals surface area contributed by atoms with Crippen molar-refractivity contribution in [3.63, 3.8) is 0 Å². The lowest BCUT2D eigenvalue weighted by Gasteiger charge is -2.08. The number of amides is 1. The van der Waals surface area contributed by atoms with Crippen molar-refractivity contribution in [2.24, 2.45) is 0 Å². The summed E-state index contributed by atoms with van der Waals surface area (Å²) in [6.45, 7) is -0.0682. The van der Waals surface area contributed by atoms with Crippen LogP contribution in [-0.4, -0.2) is 10.5 Å². The van der Waals surface area contributed by atoms with Crippen molar-refractivity contribution in [1.29, 1.82) is 0 Å². The van der Waals surface area contributed by atoms with Crippen LogP contribution in [0.4, 0.5) is 11.4 Å². The molecule has 0 aliphatic carbocycles. The summed E-state index contributed by atoms with van der Waals surface area (Å²) in [4.78, 5) is 23.8. The number of nitrogens with two attached hydrogens (primary N) is 1. The summed E-state index contributed by atoms with van der Waals surface area (Å²) >= 11 is 6.43. The Morgan fingerprint density at radius 3 is 2.55 bits per heavy atom. The van der Waals surface area contributed by atoms with Gasteiger partial charge in [0.15, 0.2) is 0 Å². The van der Waals surface area contributed by atoms with Crippen LogP contribution in [0.1, 0.15) is 0 Å². The number of halogens is 2. The van der Waals surface area contributed by atoms with E-state index < -0.39 is 0 Å². The van der Waals surface area contributed by atoms with Gasteiger partial charge in [-0.1, -0.05) is 0 Å². The Morgan fingerprint density at radius 1 is 1.25 bits per heavy atom. The molecule has 3 N–H and O–H groups in total. The van der Waals surface area contributed by atoms with Gasteiger partial charge < -0.3 is 15.6 Å². The number of rotatable bonds is 3. The van der Waals surface area contributed by atoms with E-state index in [1.165, 1.54) is 4.57 Å². The van der Waals surface area contributed by atoms with Crippen molar-refractivity contribution in [3.8, 4) is 0 Å². The van der Waals surface area contributed by atoms with Gasteiger partial charge in [0.1, 0.15) is 6.54 Å². The molecule has 1 aromatic carbocycles. The summed E-state index contributed by atoms with van der Waals surface area (Å²) in [6, 6.07) is 8.42. The van der Waals surface area contributed by atoms with E-state index in [1.54, 1.807) is 36.5 Å². The lowest BCUT2D eigenvalue weighted by molar-refractivity contribution is -0.116. The standard InChI is InChI=1S/C13H11Br2N3O2/c14-8-5-11(15)13(20)18(6-8)7-12(19)17-10-3-1-9(16)2-4-10/h1-6H,7,16H2,(H,17,19). The molecule has 0 spiro atoms. The first-order chi connectivity index (χ1) is 9.45. The van der Waals surface area contributed by atoms with Crippen LogP contribution < -0.4 is 16.6 Å². The molecule has 0 radical (unpaired) electrons. The van der Waals surface area contributed by atoms with Crippen LogP contribution in [0, 0.1) is 0 Å². The van der Waals surface area contributed by atoms with Gasteiger partial charge in [-0.3, -0.25) is 9.59 Å². The molecule has 0 aliphatic heterocycles. The van der Waals surface area contributed by atoms with E-state index >= 15 is 0 Å². The van der Waals surface area contributed by atoms with Crippen LogP contribution in [0.2, 0.25) is 0 Å². The van der Waals surface area contributed by atoms with Gasteiger partial charge in [0.05, 0.1) is 4.47 Å². The Balaban J connectivity index is 2.12. The number of pyridine rings is 1. The minimum atomic E-state index is -0.290. The molecular formula is C13H11Br2N3O2. The molecule has 1 amide bonds. The quantitative estimate of drug-likeness (QED) is 0.777. The van der Waals surface area contributed by atoms with Gasteiger partial charge in [0.25, 0.3) is 5.56 Å². The van der Waals surface area contributed by atoms with Crippen molar-refractivity contribution >= 4 is 49.1 Å². The number of carbonyl (C=O) groups excluding carboxylic acids is 1. The van der Waals surface area contributed by atoms with E-state index in [9.17, 15) is 9.59 Å². The fourth-order valence-electron chi connectivity index (χ4n) is 1.60. The molecule has 20 heavy (non-hydrogen) atoms. The second-order valence-corrected chi connectivity index (χ2v) is 5.88. The number of nitrogens with one attached hydrogen (secondary N) is 1. The summed E-state index contributed by atoms with van der Waals surface area (Å²) in [5.74, 6) is -0.290. The number of nitrogens with zero attached hydrogens (tertiary/aromatic N) is 1. The molecule has 0 aliphatic rings. The smallest absolute Gasteiger partial charge is 0.265 e. The molecule has 0 saturated carbocycles. The van der Waals surface area contributed by atoms with Crippen LogP contribution in [0.5, 0.6) is 0 Å². The molecule has 5 nitrogen and oxygen atoms in total. The predicted octanol–water partition coefficient (Wildman–Crippen LogP) is 2.59.